The van der Waals surface area contributed by atoms with Gasteiger partial charge in [0.1, 0.15) is 5.69 Å². The summed E-state index contributed by atoms with van der Waals surface area (Å²) < 4.78 is 1.89. The van der Waals surface area contributed by atoms with Crippen molar-refractivity contribution in [3.63, 3.8) is 0 Å². The predicted molar refractivity (Wildman–Crippen MR) is 86.5 cm³/mol. The van der Waals surface area contributed by atoms with Crippen LogP contribution < -0.4 is 5.32 Å². The van der Waals surface area contributed by atoms with Gasteiger partial charge in [-0.1, -0.05) is 41.5 Å². The Morgan fingerprint density at radius 1 is 1.30 bits per heavy atom. The van der Waals surface area contributed by atoms with E-state index >= 15 is 0 Å². The van der Waals surface area contributed by atoms with Crippen LogP contribution in [0.15, 0.2) is 6.07 Å². The third-order valence-electron chi connectivity index (χ3n) is 2.80. The second kappa shape index (κ2) is 6.20. The molecule has 0 aromatic carbocycles. The van der Waals surface area contributed by atoms with E-state index in [1.807, 2.05) is 24.9 Å². The maximum absolute atomic E-state index is 12.1. The van der Waals surface area contributed by atoms with Crippen molar-refractivity contribution < 1.29 is 4.79 Å². The van der Waals surface area contributed by atoms with E-state index in [1.165, 1.54) is 0 Å². The van der Waals surface area contributed by atoms with E-state index in [2.05, 4.69) is 52.0 Å². The Morgan fingerprint density at radius 2 is 1.90 bits per heavy atom. The van der Waals surface area contributed by atoms with E-state index in [-0.39, 0.29) is 16.1 Å². The van der Waals surface area contributed by atoms with Crippen LogP contribution in [-0.4, -0.2) is 32.7 Å². The summed E-state index contributed by atoms with van der Waals surface area (Å²) >= 11 is 1.85. The first kappa shape index (κ1) is 17.1. The first-order chi connectivity index (χ1) is 9.00. The monoisotopic (exact) mass is 297 g/mol. The van der Waals surface area contributed by atoms with Gasteiger partial charge in [0, 0.05) is 29.5 Å². The fourth-order valence-corrected chi connectivity index (χ4v) is 2.48. The molecule has 0 saturated heterocycles. The van der Waals surface area contributed by atoms with E-state index in [4.69, 9.17) is 0 Å². The molecule has 1 aromatic rings. The maximum Gasteiger partial charge on any atom is 0.269 e. The Kier molecular flexibility index (Phi) is 5.30. The zero-order valence-corrected chi connectivity index (χ0v) is 14.5. The van der Waals surface area contributed by atoms with Gasteiger partial charge in [-0.05, 0) is 6.07 Å². The number of thioether (sulfide) groups is 1. The minimum Gasteiger partial charge on any atom is -0.350 e. The molecule has 0 aliphatic carbocycles. The van der Waals surface area contributed by atoms with Crippen LogP contribution in [0.3, 0.4) is 0 Å². The van der Waals surface area contributed by atoms with Crippen LogP contribution in [0.4, 0.5) is 0 Å². The van der Waals surface area contributed by atoms with Gasteiger partial charge in [-0.2, -0.15) is 16.9 Å². The summed E-state index contributed by atoms with van der Waals surface area (Å²) in [7, 11) is 1.81. The topological polar surface area (TPSA) is 46.9 Å². The van der Waals surface area contributed by atoms with Gasteiger partial charge in [0.2, 0.25) is 0 Å². The van der Waals surface area contributed by atoms with Crippen molar-refractivity contribution in [1.82, 2.24) is 15.1 Å². The molecular weight excluding hydrogens is 270 g/mol. The zero-order chi connectivity index (χ0) is 15.6. The minimum absolute atomic E-state index is 0.0433. The molecule has 0 unspecified atom stereocenters. The lowest BCUT2D eigenvalue weighted by Gasteiger charge is -2.17. The van der Waals surface area contributed by atoms with Crippen LogP contribution in [0.1, 0.15) is 57.7 Å². The van der Waals surface area contributed by atoms with Crippen LogP contribution in [-0.2, 0) is 12.5 Å². The fourth-order valence-electron chi connectivity index (χ4n) is 1.66. The van der Waals surface area contributed by atoms with Crippen molar-refractivity contribution in [3.05, 3.63) is 17.5 Å². The van der Waals surface area contributed by atoms with E-state index in [0.29, 0.717) is 12.2 Å². The molecule has 0 spiro atoms. The van der Waals surface area contributed by atoms with Gasteiger partial charge in [0.05, 0.1) is 5.69 Å². The van der Waals surface area contributed by atoms with Crippen LogP contribution in [0.25, 0.3) is 0 Å². The highest BCUT2D eigenvalue weighted by Gasteiger charge is 2.21. The van der Waals surface area contributed by atoms with Crippen molar-refractivity contribution in [2.75, 3.05) is 12.3 Å². The van der Waals surface area contributed by atoms with Crippen LogP contribution in [0.5, 0.6) is 0 Å². The Balaban J connectivity index is 2.58. The number of nitrogens with one attached hydrogen (secondary N) is 1. The van der Waals surface area contributed by atoms with Gasteiger partial charge in [-0.25, -0.2) is 0 Å². The number of nitrogens with zero attached hydrogens (tertiary/aromatic N) is 2. The predicted octanol–water partition coefficient (Wildman–Crippen LogP) is 2.98. The molecule has 1 aromatic heterocycles. The van der Waals surface area contributed by atoms with Gasteiger partial charge in [-0.3, -0.25) is 9.48 Å². The quantitative estimate of drug-likeness (QED) is 0.869. The SMILES string of the molecule is Cn1nc(C(C)(C)C)cc1C(=O)NCCSC(C)(C)C. The molecule has 1 rings (SSSR count). The summed E-state index contributed by atoms with van der Waals surface area (Å²) in [6.07, 6.45) is 0. The molecule has 20 heavy (non-hydrogen) atoms. The summed E-state index contributed by atoms with van der Waals surface area (Å²) in [6, 6.07) is 1.88. The lowest BCUT2D eigenvalue weighted by atomic mass is 9.92. The van der Waals surface area contributed by atoms with E-state index in [0.717, 1.165) is 11.4 Å². The largest absolute Gasteiger partial charge is 0.350 e. The van der Waals surface area contributed by atoms with Gasteiger partial charge < -0.3 is 5.32 Å². The lowest BCUT2D eigenvalue weighted by molar-refractivity contribution is 0.0947. The molecule has 0 atom stereocenters. The number of amides is 1. The van der Waals surface area contributed by atoms with Crippen molar-refractivity contribution in [2.24, 2.45) is 7.05 Å². The molecule has 1 heterocycles. The van der Waals surface area contributed by atoms with Crippen LogP contribution >= 0.6 is 11.8 Å². The number of carbonyl (C=O) groups is 1. The van der Waals surface area contributed by atoms with Crippen molar-refractivity contribution in [3.8, 4) is 0 Å². The molecule has 1 N–H and O–H groups in total. The molecule has 1 amide bonds. The zero-order valence-electron chi connectivity index (χ0n) is 13.7. The van der Waals surface area contributed by atoms with Gasteiger partial charge in [-0.15, -0.1) is 0 Å². The van der Waals surface area contributed by atoms with Crippen molar-refractivity contribution >= 4 is 17.7 Å². The third kappa shape index (κ3) is 5.19. The van der Waals surface area contributed by atoms with Gasteiger partial charge in [0.15, 0.2) is 0 Å². The highest BCUT2D eigenvalue weighted by Crippen LogP contribution is 2.22. The first-order valence-electron chi connectivity index (χ1n) is 6.97. The van der Waals surface area contributed by atoms with Crippen LogP contribution in [0.2, 0.25) is 0 Å². The average molecular weight is 297 g/mol. The van der Waals surface area contributed by atoms with Crippen molar-refractivity contribution in [2.45, 2.75) is 51.7 Å². The standard InChI is InChI=1S/C15H27N3OS/c1-14(2,3)12-10-11(18(7)17-12)13(19)16-8-9-20-15(4,5)6/h10H,8-9H2,1-7H3,(H,16,19). The molecule has 0 saturated carbocycles. The third-order valence-corrected chi connectivity index (χ3v) is 4.08. The van der Waals surface area contributed by atoms with Gasteiger partial charge >= 0.3 is 0 Å². The lowest BCUT2D eigenvalue weighted by Crippen LogP contribution is -2.28. The number of rotatable bonds is 4. The number of carbonyl (C=O) groups excluding carboxylic acids is 1. The van der Waals surface area contributed by atoms with E-state index in [9.17, 15) is 4.79 Å². The summed E-state index contributed by atoms with van der Waals surface area (Å²) in [5.41, 5.74) is 1.52. The first-order valence-corrected chi connectivity index (χ1v) is 7.96. The molecule has 5 heteroatoms. The summed E-state index contributed by atoms with van der Waals surface area (Å²) in [5.74, 6) is 0.865. The van der Waals surface area contributed by atoms with E-state index in [1.54, 1.807) is 4.68 Å². The maximum atomic E-state index is 12.1. The number of hydrogen-bond acceptors (Lipinski definition) is 3. The summed E-state index contributed by atoms with van der Waals surface area (Å²) in [5, 5.41) is 7.38. The Morgan fingerprint density at radius 3 is 2.35 bits per heavy atom. The minimum atomic E-state index is -0.0509. The van der Waals surface area contributed by atoms with Gasteiger partial charge in [0.25, 0.3) is 5.91 Å². The number of aryl methyl sites for hydroxylation is 1. The Hall–Kier alpha value is -0.970. The molecule has 0 aliphatic rings. The Labute approximate surface area is 126 Å². The Bertz CT molecular complexity index is 466. The molecule has 0 radical (unpaired) electrons. The number of hydrogen-bond donors (Lipinski definition) is 1. The normalized spacial score (nSPS) is 12.6. The highest BCUT2D eigenvalue weighted by molar-refractivity contribution is 8.00. The smallest absolute Gasteiger partial charge is 0.269 e. The fraction of sp³-hybridized carbons (Fsp3) is 0.733. The highest BCUT2D eigenvalue weighted by atomic mass is 32.2. The molecule has 0 aliphatic heterocycles. The number of aromatic nitrogens is 2. The molecule has 0 fully saturated rings. The molecular formula is C15H27N3OS. The second-order valence-electron chi connectivity index (χ2n) is 7.01. The summed E-state index contributed by atoms with van der Waals surface area (Å²) in [6.45, 7) is 13.5. The van der Waals surface area contributed by atoms with Crippen molar-refractivity contribution in [1.29, 1.82) is 0 Å². The molecule has 0 bridgehead atoms. The summed E-state index contributed by atoms with van der Waals surface area (Å²) in [4.78, 5) is 12.1. The second-order valence-corrected chi connectivity index (χ2v) is 8.93. The molecule has 4 nitrogen and oxygen atoms in total. The average Bonchev–Trinajstić information content (AvgIpc) is 2.65. The van der Waals surface area contributed by atoms with E-state index < -0.39 is 0 Å². The van der Waals surface area contributed by atoms with Crippen LogP contribution in [0, 0.1) is 0 Å². The molecule has 114 valence electrons.